The molecule has 1 heterocycles. The quantitative estimate of drug-likeness (QED) is 0.926. The zero-order valence-electron chi connectivity index (χ0n) is 9.95. The number of anilines is 1. The number of benzene rings is 1. The summed E-state index contributed by atoms with van der Waals surface area (Å²) in [5.41, 5.74) is 8.38. The average molecular weight is 282 g/mol. The number of nitrogen functional groups attached to an aromatic ring is 1. The number of aromatic nitrogens is 2. The van der Waals surface area contributed by atoms with E-state index in [1.54, 1.807) is 18.2 Å². The summed E-state index contributed by atoms with van der Waals surface area (Å²) in [7, 11) is 0. The molecule has 1 aromatic carbocycles. The highest BCUT2D eigenvalue weighted by Crippen LogP contribution is 2.33. The monoisotopic (exact) mass is 281 g/mol. The molecule has 0 aliphatic carbocycles. The van der Waals surface area contributed by atoms with E-state index in [2.05, 4.69) is 16.9 Å². The second-order valence-electron chi connectivity index (χ2n) is 3.96. The van der Waals surface area contributed by atoms with Crippen molar-refractivity contribution in [3.8, 4) is 11.3 Å². The largest absolute Gasteiger partial charge is 0.383 e. The summed E-state index contributed by atoms with van der Waals surface area (Å²) in [4.78, 5) is 8.32. The van der Waals surface area contributed by atoms with Gasteiger partial charge in [0.1, 0.15) is 12.1 Å². The van der Waals surface area contributed by atoms with Crippen molar-refractivity contribution in [1.82, 2.24) is 9.97 Å². The molecule has 0 spiro atoms. The lowest BCUT2D eigenvalue weighted by Gasteiger charge is -2.11. The Balaban J connectivity index is 2.63. The lowest BCUT2D eigenvalue weighted by Crippen LogP contribution is -2.02. The minimum absolute atomic E-state index is 0.498. The first-order valence-electron chi connectivity index (χ1n) is 5.68. The van der Waals surface area contributed by atoms with Gasteiger partial charge in [-0.25, -0.2) is 9.97 Å². The van der Waals surface area contributed by atoms with Crippen LogP contribution in [0.3, 0.4) is 0 Å². The Morgan fingerprint density at radius 3 is 2.72 bits per heavy atom. The van der Waals surface area contributed by atoms with Gasteiger partial charge in [-0.2, -0.15) is 0 Å². The molecule has 0 bridgehead atoms. The summed E-state index contributed by atoms with van der Waals surface area (Å²) in [6, 6.07) is 5.30. The molecule has 0 saturated heterocycles. The van der Waals surface area contributed by atoms with Crippen LogP contribution in [0.15, 0.2) is 24.5 Å². The maximum Gasteiger partial charge on any atom is 0.130 e. The van der Waals surface area contributed by atoms with E-state index in [1.807, 2.05) is 0 Å². The van der Waals surface area contributed by atoms with Gasteiger partial charge in [-0.15, -0.1) is 0 Å². The van der Waals surface area contributed by atoms with Gasteiger partial charge in [-0.3, -0.25) is 0 Å². The summed E-state index contributed by atoms with van der Waals surface area (Å²) < 4.78 is 0. The Morgan fingerprint density at radius 2 is 2.00 bits per heavy atom. The summed E-state index contributed by atoms with van der Waals surface area (Å²) >= 11 is 12.2. The number of nitrogens with zero attached hydrogens (tertiary/aromatic N) is 2. The topological polar surface area (TPSA) is 51.8 Å². The maximum absolute atomic E-state index is 6.20. The van der Waals surface area contributed by atoms with Gasteiger partial charge in [0, 0.05) is 16.1 Å². The Bertz CT molecular complexity index is 570. The van der Waals surface area contributed by atoms with Crippen LogP contribution in [0, 0.1) is 0 Å². The van der Waals surface area contributed by atoms with Crippen LogP contribution in [0.5, 0.6) is 0 Å². The minimum Gasteiger partial charge on any atom is -0.383 e. The molecule has 0 fully saturated rings. The Hall–Kier alpha value is -1.32. The number of hydrogen-bond donors (Lipinski definition) is 1. The van der Waals surface area contributed by atoms with Crippen molar-refractivity contribution < 1.29 is 0 Å². The summed E-state index contributed by atoms with van der Waals surface area (Å²) in [5, 5.41) is 1.23. The van der Waals surface area contributed by atoms with Crippen LogP contribution in [0.4, 0.5) is 5.82 Å². The Labute approximate surface area is 116 Å². The molecule has 2 N–H and O–H groups in total. The number of rotatable bonds is 3. The van der Waals surface area contributed by atoms with Crippen molar-refractivity contribution in [2.24, 2.45) is 0 Å². The predicted molar refractivity (Wildman–Crippen MR) is 75.9 cm³/mol. The van der Waals surface area contributed by atoms with Crippen LogP contribution in [0.1, 0.15) is 18.9 Å². The molecular weight excluding hydrogens is 269 g/mol. The highest BCUT2D eigenvalue weighted by atomic mass is 35.5. The normalized spacial score (nSPS) is 10.6. The van der Waals surface area contributed by atoms with Gasteiger partial charge in [0.15, 0.2) is 0 Å². The van der Waals surface area contributed by atoms with Gasteiger partial charge in [0.25, 0.3) is 0 Å². The number of nitrogens with two attached hydrogens (primary N) is 1. The van der Waals surface area contributed by atoms with E-state index >= 15 is 0 Å². The number of hydrogen-bond acceptors (Lipinski definition) is 3. The van der Waals surface area contributed by atoms with Crippen LogP contribution < -0.4 is 5.73 Å². The molecule has 3 nitrogen and oxygen atoms in total. The molecule has 94 valence electrons. The first kappa shape index (κ1) is 13.1. The van der Waals surface area contributed by atoms with Crippen molar-refractivity contribution >= 4 is 29.0 Å². The average Bonchev–Trinajstić information content (AvgIpc) is 2.35. The van der Waals surface area contributed by atoms with E-state index in [1.165, 1.54) is 6.33 Å². The van der Waals surface area contributed by atoms with E-state index in [4.69, 9.17) is 28.9 Å². The van der Waals surface area contributed by atoms with Gasteiger partial charge in [-0.1, -0.05) is 36.5 Å². The standard InChI is InChI=1S/C13H13Cl2N3/c1-2-3-9-12(17-7-18-13(9)16)10-6-8(14)4-5-11(10)15/h4-7H,2-3H2,1H3,(H2,16,17,18). The first-order chi connectivity index (χ1) is 8.63. The van der Waals surface area contributed by atoms with E-state index in [-0.39, 0.29) is 0 Å². The van der Waals surface area contributed by atoms with Gasteiger partial charge < -0.3 is 5.73 Å². The second kappa shape index (κ2) is 5.55. The number of halogens is 2. The highest BCUT2D eigenvalue weighted by Gasteiger charge is 2.13. The van der Waals surface area contributed by atoms with Crippen LogP contribution in [-0.4, -0.2) is 9.97 Å². The Morgan fingerprint density at radius 1 is 1.22 bits per heavy atom. The molecule has 1 aromatic heterocycles. The van der Waals surface area contributed by atoms with Crippen molar-refractivity contribution in [1.29, 1.82) is 0 Å². The molecule has 2 aromatic rings. The molecule has 0 aliphatic heterocycles. The van der Waals surface area contributed by atoms with Crippen LogP contribution in [0.25, 0.3) is 11.3 Å². The van der Waals surface area contributed by atoms with Gasteiger partial charge in [-0.05, 0) is 24.6 Å². The van der Waals surface area contributed by atoms with E-state index in [0.29, 0.717) is 15.9 Å². The van der Waals surface area contributed by atoms with Crippen LogP contribution in [-0.2, 0) is 6.42 Å². The maximum atomic E-state index is 6.20. The summed E-state index contributed by atoms with van der Waals surface area (Å²) in [6.45, 7) is 2.08. The third-order valence-corrected chi connectivity index (χ3v) is 3.23. The van der Waals surface area contributed by atoms with Crippen LogP contribution >= 0.6 is 23.2 Å². The molecule has 18 heavy (non-hydrogen) atoms. The van der Waals surface area contributed by atoms with Crippen LogP contribution in [0.2, 0.25) is 10.0 Å². The van der Waals surface area contributed by atoms with Crippen molar-refractivity contribution in [2.75, 3.05) is 5.73 Å². The fourth-order valence-corrected chi connectivity index (χ4v) is 2.21. The molecular formula is C13H13Cl2N3. The van der Waals surface area contributed by atoms with E-state index in [0.717, 1.165) is 29.7 Å². The zero-order valence-corrected chi connectivity index (χ0v) is 11.5. The van der Waals surface area contributed by atoms with Gasteiger partial charge in [0.2, 0.25) is 0 Å². The van der Waals surface area contributed by atoms with Gasteiger partial charge >= 0.3 is 0 Å². The third kappa shape index (κ3) is 2.57. The molecule has 0 saturated carbocycles. The summed E-state index contributed by atoms with van der Waals surface area (Å²) in [6.07, 6.45) is 3.22. The molecule has 5 heteroatoms. The lowest BCUT2D eigenvalue weighted by atomic mass is 10.0. The third-order valence-electron chi connectivity index (χ3n) is 2.66. The van der Waals surface area contributed by atoms with Gasteiger partial charge in [0.05, 0.1) is 10.7 Å². The molecule has 0 atom stereocenters. The zero-order chi connectivity index (χ0) is 13.1. The van der Waals surface area contributed by atoms with E-state index in [9.17, 15) is 0 Å². The molecule has 2 rings (SSSR count). The predicted octanol–water partition coefficient (Wildman–Crippen LogP) is 3.99. The fourth-order valence-electron chi connectivity index (χ4n) is 1.83. The smallest absolute Gasteiger partial charge is 0.130 e. The second-order valence-corrected chi connectivity index (χ2v) is 4.80. The Kier molecular flexibility index (Phi) is 4.04. The lowest BCUT2D eigenvalue weighted by molar-refractivity contribution is 0.908. The molecule has 0 amide bonds. The fraction of sp³-hybridized carbons (Fsp3) is 0.231. The molecule has 0 radical (unpaired) electrons. The van der Waals surface area contributed by atoms with Crippen molar-refractivity contribution in [3.05, 3.63) is 40.1 Å². The van der Waals surface area contributed by atoms with Crippen molar-refractivity contribution in [3.63, 3.8) is 0 Å². The molecule has 0 unspecified atom stereocenters. The van der Waals surface area contributed by atoms with E-state index < -0.39 is 0 Å². The molecule has 0 aliphatic rings. The minimum atomic E-state index is 0.498. The highest BCUT2D eigenvalue weighted by molar-refractivity contribution is 6.35. The SMILES string of the molecule is CCCc1c(N)ncnc1-c1cc(Cl)ccc1Cl. The van der Waals surface area contributed by atoms with Crippen molar-refractivity contribution in [2.45, 2.75) is 19.8 Å². The summed E-state index contributed by atoms with van der Waals surface area (Å²) in [5.74, 6) is 0.498. The first-order valence-corrected chi connectivity index (χ1v) is 6.43.